The molecule has 1 aliphatic heterocycles. The van der Waals surface area contributed by atoms with Gasteiger partial charge in [0.25, 0.3) is 5.69 Å². The van der Waals surface area contributed by atoms with Gasteiger partial charge in [-0.3, -0.25) is 15.0 Å². The molecule has 162 valence electrons. The van der Waals surface area contributed by atoms with E-state index in [2.05, 4.69) is 9.62 Å². The van der Waals surface area contributed by atoms with Crippen LogP contribution in [0.25, 0.3) is 0 Å². The van der Waals surface area contributed by atoms with E-state index >= 15 is 0 Å². The fraction of sp³-hybridized carbons (Fsp3) is 0.455. The Balaban J connectivity index is 1.49. The van der Waals surface area contributed by atoms with Crippen LogP contribution in [0.3, 0.4) is 0 Å². The topological polar surface area (TPSA) is 92.6 Å². The largest absolute Gasteiger partial charge is 0.299 e. The van der Waals surface area contributed by atoms with E-state index in [0.717, 1.165) is 54.6 Å². The summed E-state index contributed by atoms with van der Waals surface area (Å²) in [6.07, 6.45) is 2.48. The number of aryl methyl sites for hydroxylation is 3. The number of nitrogens with zero attached hydrogens (tertiary/aromatic N) is 2. The van der Waals surface area contributed by atoms with Gasteiger partial charge < -0.3 is 0 Å². The number of nitro benzene ring substituents is 1. The second kappa shape index (κ2) is 9.24. The van der Waals surface area contributed by atoms with Crippen LogP contribution in [0.15, 0.2) is 35.2 Å². The maximum absolute atomic E-state index is 12.7. The average molecular weight is 432 g/mol. The molecule has 30 heavy (non-hydrogen) atoms. The first kappa shape index (κ1) is 22.4. The Morgan fingerprint density at radius 3 is 2.43 bits per heavy atom. The number of hydrogen-bond acceptors (Lipinski definition) is 5. The first-order chi connectivity index (χ1) is 14.2. The Hall–Kier alpha value is -2.29. The Bertz CT molecular complexity index is 1030. The van der Waals surface area contributed by atoms with Crippen molar-refractivity contribution in [2.45, 2.75) is 51.5 Å². The van der Waals surface area contributed by atoms with Crippen molar-refractivity contribution in [3.8, 4) is 0 Å². The first-order valence-corrected chi connectivity index (χ1v) is 11.7. The molecule has 0 amide bonds. The third-order valence-electron chi connectivity index (χ3n) is 5.56. The fourth-order valence-electron chi connectivity index (χ4n) is 4.24. The fourth-order valence-corrected chi connectivity index (χ4v) is 5.76. The molecule has 2 aromatic carbocycles. The summed E-state index contributed by atoms with van der Waals surface area (Å²) < 4.78 is 28.1. The monoisotopic (exact) mass is 431 g/mol. The lowest BCUT2D eigenvalue weighted by atomic mass is 9.99. The number of rotatable bonds is 8. The van der Waals surface area contributed by atoms with Gasteiger partial charge in [0.2, 0.25) is 10.0 Å². The molecule has 2 aromatic rings. The summed E-state index contributed by atoms with van der Waals surface area (Å²) in [7, 11) is -3.52. The molecule has 0 spiro atoms. The van der Waals surface area contributed by atoms with Crippen LogP contribution < -0.4 is 4.72 Å². The Morgan fingerprint density at radius 1 is 1.07 bits per heavy atom. The first-order valence-electron chi connectivity index (χ1n) is 10.2. The Kier molecular flexibility index (Phi) is 6.90. The summed E-state index contributed by atoms with van der Waals surface area (Å²) in [5, 5.41) is 11.0. The van der Waals surface area contributed by atoms with Crippen molar-refractivity contribution >= 4 is 15.7 Å². The predicted octanol–water partition coefficient (Wildman–Crippen LogP) is 3.64. The van der Waals surface area contributed by atoms with Crippen LogP contribution in [0.1, 0.15) is 40.7 Å². The molecular weight excluding hydrogens is 402 g/mol. The van der Waals surface area contributed by atoms with E-state index in [4.69, 9.17) is 0 Å². The average Bonchev–Trinajstić information content (AvgIpc) is 2.65. The van der Waals surface area contributed by atoms with Crippen LogP contribution in [0.4, 0.5) is 5.69 Å². The van der Waals surface area contributed by atoms with E-state index in [0.29, 0.717) is 18.0 Å². The highest BCUT2D eigenvalue weighted by Gasteiger charge is 2.20. The van der Waals surface area contributed by atoms with Gasteiger partial charge in [0.05, 0.1) is 9.82 Å². The highest BCUT2D eigenvalue weighted by atomic mass is 32.2. The lowest BCUT2D eigenvalue weighted by molar-refractivity contribution is -0.385. The van der Waals surface area contributed by atoms with Crippen molar-refractivity contribution < 1.29 is 13.3 Å². The van der Waals surface area contributed by atoms with Crippen molar-refractivity contribution in [2.24, 2.45) is 0 Å². The molecule has 0 unspecified atom stereocenters. The number of hydrogen-bond donors (Lipinski definition) is 1. The van der Waals surface area contributed by atoms with Gasteiger partial charge >= 0.3 is 0 Å². The zero-order chi connectivity index (χ0) is 21.9. The number of nitro groups is 1. The van der Waals surface area contributed by atoms with Gasteiger partial charge in [0, 0.05) is 31.8 Å². The minimum atomic E-state index is -3.52. The van der Waals surface area contributed by atoms with Gasteiger partial charge in [-0.2, -0.15) is 0 Å². The summed E-state index contributed by atoms with van der Waals surface area (Å²) in [6, 6.07) is 8.87. The molecule has 1 heterocycles. The molecule has 0 saturated heterocycles. The number of nitrogens with one attached hydrogen (secondary N) is 1. The van der Waals surface area contributed by atoms with Crippen LogP contribution >= 0.6 is 0 Å². The number of benzene rings is 2. The van der Waals surface area contributed by atoms with Crippen LogP contribution in [-0.2, 0) is 23.0 Å². The molecule has 0 fully saturated rings. The van der Waals surface area contributed by atoms with E-state index in [1.165, 1.54) is 5.56 Å². The third-order valence-corrected chi connectivity index (χ3v) is 7.32. The second-order valence-electron chi connectivity index (χ2n) is 8.07. The number of fused-ring (bicyclic) bond motifs is 1. The highest BCUT2D eigenvalue weighted by molar-refractivity contribution is 7.89. The van der Waals surface area contributed by atoms with Crippen LogP contribution in [0.2, 0.25) is 0 Å². The van der Waals surface area contributed by atoms with Gasteiger partial charge in [0.1, 0.15) is 0 Å². The number of unbranched alkanes of at least 4 members (excludes halogenated alkanes) is 1. The molecule has 1 aliphatic rings. The minimum absolute atomic E-state index is 0.131. The standard InChI is InChI=1S/C22H29N3O4S/c1-16-12-17(2)22(18(3)13-16)30(28,29)23-9-4-5-10-24-11-8-19-6-7-21(25(26)27)14-20(19)15-24/h6-7,12-14,23H,4-5,8-11,15H2,1-3H3. The van der Waals surface area contributed by atoms with E-state index < -0.39 is 10.0 Å². The SMILES string of the molecule is Cc1cc(C)c(S(=O)(=O)NCCCCN2CCc3ccc([N+](=O)[O-])cc3C2)c(C)c1. The zero-order valence-electron chi connectivity index (χ0n) is 17.8. The molecule has 0 bridgehead atoms. The van der Waals surface area contributed by atoms with Gasteiger partial charge in [-0.05, 0) is 68.8 Å². The normalized spacial score (nSPS) is 14.5. The molecule has 0 aliphatic carbocycles. The quantitative estimate of drug-likeness (QED) is 0.391. The maximum atomic E-state index is 12.7. The van der Waals surface area contributed by atoms with Crippen molar-refractivity contribution in [1.82, 2.24) is 9.62 Å². The van der Waals surface area contributed by atoms with Gasteiger partial charge in [-0.1, -0.05) is 23.8 Å². The molecule has 0 aromatic heterocycles. The third kappa shape index (κ3) is 5.24. The van der Waals surface area contributed by atoms with Crippen molar-refractivity contribution in [1.29, 1.82) is 0 Å². The van der Waals surface area contributed by atoms with E-state index in [-0.39, 0.29) is 10.6 Å². The molecular formula is C22H29N3O4S. The summed E-state index contributed by atoms with van der Waals surface area (Å²) >= 11 is 0. The van der Waals surface area contributed by atoms with E-state index in [1.807, 2.05) is 39.0 Å². The Labute approximate surface area is 178 Å². The van der Waals surface area contributed by atoms with Crippen molar-refractivity contribution in [3.05, 3.63) is 68.3 Å². The lowest BCUT2D eigenvalue weighted by Gasteiger charge is -2.28. The second-order valence-corrected chi connectivity index (χ2v) is 9.77. The van der Waals surface area contributed by atoms with Crippen LogP contribution in [-0.4, -0.2) is 37.9 Å². The van der Waals surface area contributed by atoms with Crippen molar-refractivity contribution in [2.75, 3.05) is 19.6 Å². The summed E-state index contributed by atoms with van der Waals surface area (Å²) in [4.78, 5) is 13.3. The molecule has 0 atom stereocenters. The summed E-state index contributed by atoms with van der Waals surface area (Å²) in [5.41, 5.74) is 4.90. The van der Waals surface area contributed by atoms with E-state index in [9.17, 15) is 18.5 Å². The van der Waals surface area contributed by atoms with Crippen molar-refractivity contribution in [3.63, 3.8) is 0 Å². The Morgan fingerprint density at radius 2 is 1.77 bits per heavy atom. The molecule has 3 rings (SSSR count). The van der Waals surface area contributed by atoms with Crippen LogP contribution in [0, 0.1) is 30.9 Å². The van der Waals surface area contributed by atoms with Gasteiger partial charge in [-0.25, -0.2) is 13.1 Å². The van der Waals surface area contributed by atoms with E-state index in [1.54, 1.807) is 12.1 Å². The molecule has 1 N–H and O–H groups in total. The van der Waals surface area contributed by atoms with Gasteiger partial charge in [0.15, 0.2) is 0 Å². The van der Waals surface area contributed by atoms with Gasteiger partial charge in [-0.15, -0.1) is 0 Å². The smallest absolute Gasteiger partial charge is 0.269 e. The molecule has 0 radical (unpaired) electrons. The van der Waals surface area contributed by atoms with Crippen LogP contribution in [0.5, 0.6) is 0 Å². The predicted molar refractivity (Wildman–Crippen MR) is 117 cm³/mol. The maximum Gasteiger partial charge on any atom is 0.269 e. The molecule has 7 nitrogen and oxygen atoms in total. The summed E-state index contributed by atoms with van der Waals surface area (Å²) in [5.74, 6) is 0. The number of sulfonamides is 1. The molecule has 8 heteroatoms. The summed E-state index contributed by atoms with van der Waals surface area (Å²) in [6.45, 7) is 8.46. The highest BCUT2D eigenvalue weighted by Crippen LogP contribution is 2.24. The molecule has 0 saturated carbocycles. The lowest BCUT2D eigenvalue weighted by Crippen LogP contribution is -2.32. The zero-order valence-corrected chi connectivity index (χ0v) is 18.6. The minimum Gasteiger partial charge on any atom is -0.299 e. The number of non-ortho nitro benzene ring substituents is 1.